The molecule has 0 spiro atoms. The molecular formula is C19H20N2O4S. The van der Waals surface area contributed by atoms with Crippen LogP contribution in [-0.4, -0.2) is 29.0 Å². The number of carboxylic acids is 1. The number of aromatic nitrogens is 2. The lowest BCUT2D eigenvalue weighted by Crippen LogP contribution is -2.12. The highest BCUT2D eigenvalue weighted by Gasteiger charge is 2.22. The second kappa shape index (κ2) is 6.57. The number of fused-ring (bicyclic) bond motifs is 1. The number of hydrogen-bond acceptors (Lipinski definition) is 4. The van der Waals surface area contributed by atoms with Gasteiger partial charge in [-0.2, -0.15) is 0 Å². The number of carbonyl (C=O) groups is 1. The quantitative estimate of drug-likeness (QED) is 0.742. The minimum Gasteiger partial charge on any atom is -0.478 e. The lowest BCUT2D eigenvalue weighted by Gasteiger charge is -2.10. The first-order valence-corrected chi connectivity index (χ1v) is 9.90. The number of aromatic carboxylic acids is 1. The van der Waals surface area contributed by atoms with Crippen LogP contribution in [-0.2, 0) is 22.1 Å². The minimum atomic E-state index is -3.57. The summed E-state index contributed by atoms with van der Waals surface area (Å²) in [5.74, 6) is -0.865. The first kappa shape index (κ1) is 18.1. The molecule has 26 heavy (non-hydrogen) atoms. The Bertz CT molecular complexity index is 1110. The van der Waals surface area contributed by atoms with Crippen LogP contribution in [0.2, 0.25) is 0 Å². The normalized spacial score (nSPS) is 11.8. The number of sulfone groups is 1. The van der Waals surface area contributed by atoms with E-state index >= 15 is 0 Å². The molecule has 0 saturated carbocycles. The Morgan fingerprint density at radius 1 is 1.15 bits per heavy atom. The largest absolute Gasteiger partial charge is 0.478 e. The molecule has 0 radical (unpaired) electrons. The Hall–Kier alpha value is -2.67. The van der Waals surface area contributed by atoms with Gasteiger partial charge in [0.25, 0.3) is 0 Å². The van der Waals surface area contributed by atoms with E-state index in [0.29, 0.717) is 28.3 Å². The van der Waals surface area contributed by atoms with Crippen molar-refractivity contribution in [1.82, 2.24) is 9.55 Å². The van der Waals surface area contributed by atoms with E-state index in [1.165, 1.54) is 12.1 Å². The SMILES string of the molecule is CCn1c(CS(=O)(=O)c2cc(C)ccc2C)nc2cc(C(=O)O)ccc21. The molecule has 6 nitrogen and oxygen atoms in total. The fraction of sp³-hybridized carbons (Fsp3) is 0.263. The van der Waals surface area contributed by atoms with Gasteiger partial charge >= 0.3 is 5.97 Å². The van der Waals surface area contributed by atoms with E-state index in [2.05, 4.69) is 4.98 Å². The van der Waals surface area contributed by atoms with Crippen LogP contribution in [0.4, 0.5) is 0 Å². The molecule has 0 saturated heterocycles. The maximum atomic E-state index is 12.9. The summed E-state index contributed by atoms with van der Waals surface area (Å²) >= 11 is 0. The van der Waals surface area contributed by atoms with Crippen molar-refractivity contribution in [2.45, 2.75) is 38.0 Å². The highest BCUT2D eigenvalue weighted by atomic mass is 32.2. The molecule has 136 valence electrons. The van der Waals surface area contributed by atoms with Crippen molar-refractivity contribution in [3.05, 3.63) is 58.9 Å². The standard InChI is InChI=1S/C19H20N2O4S/c1-4-21-16-8-7-14(19(22)23)10-15(16)20-18(21)11-26(24,25)17-9-12(2)5-6-13(17)3/h5-10H,4,11H2,1-3H3,(H,22,23). The molecule has 0 bridgehead atoms. The second-order valence-corrected chi connectivity index (χ2v) is 8.27. The Balaban J connectivity index is 2.10. The van der Waals surface area contributed by atoms with E-state index in [1.54, 1.807) is 25.1 Å². The van der Waals surface area contributed by atoms with E-state index in [4.69, 9.17) is 5.11 Å². The molecule has 7 heteroatoms. The van der Waals surface area contributed by atoms with Crippen LogP contribution >= 0.6 is 0 Å². The van der Waals surface area contributed by atoms with Crippen LogP contribution in [0.1, 0.15) is 34.2 Å². The Labute approximate surface area is 152 Å². The number of aryl methyl sites for hydroxylation is 3. The zero-order chi connectivity index (χ0) is 19.1. The zero-order valence-electron chi connectivity index (χ0n) is 14.9. The lowest BCUT2D eigenvalue weighted by atomic mass is 10.2. The smallest absolute Gasteiger partial charge is 0.335 e. The molecule has 0 atom stereocenters. The Morgan fingerprint density at radius 2 is 1.88 bits per heavy atom. The average molecular weight is 372 g/mol. The molecule has 1 heterocycles. The van der Waals surface area contributed by atoms with Gasteiger partial charge in [0.1, 0.15) is 11.6 Å². The molecule has 0 aliphatic heterocycles. The van der Waals surface area contributed by atoms with Gasteiger partial charge in [0, 0.05) is 6.54 Å². The first-order chi connectivity index (χ1) is 12.2. The van der Waals surface area contributed by atoms with Crippen LogP contribution < -0.4 is 0 Å². The van der Waals surface area contributed by atoms with E-state index in [0.717, 1.165) is 11.1 Å². The van der Waals surface area contributed by atoms with Crippen molar-refractivity contribution in [1.29, 1.82) is 0 Å². The number of benzene rings is 2. The fourth-order valence-corrected chi connectivity index (χ4v) is 4.71. The number of hydrogen-bond donors (Lipinski definition) is 1. The molecule has 0 unspecified atom stereocenters. The summed E-state index contributed by atoms with van der Waals surface area (Å²) in [5.41, 5.74) is 2.91. The summed E-state index contributed by atoms with van der Waals surface area (Å²) in [5, 5.41) is 9.14. The van der Waals surface area contributed by atoms with E-state index < -0.39 is 15.8 Å². The maximum Gasteiger partial charge on any atom is 0.335 e. The number of imidazole rings is 1. The molecule has 1 aromatic heterocycles. The molecule has 0 fully saturated rings. The van der Waals surface area contributed by atoms with Crippen LogP contribution in [0.15, 0.2) is 41.3 Å². The topological polar surface area (TPSA) is 89.3 Å². The van der Waals surface area contributed by atoms with Crippen LogP contribution in [0.3, 0.4) is 0 Å². The molecule has 2 aromatic carbocycles. The Morgan fingerprint density at radius 3 is 2.54 bits per heavy atom. The molecule has 3 rings (SSSR count). The van der Waals surface area contributed by atoms with Crippen LogP contribution in [0.5, 0.6) is 0 Å². The third kappa shape index (κ3) is 3.22. The van der Waals surface area contributed by atoms with Crippen molar-refractivity contribution in [2.75, 3.05) is 0 Å². The number of rotatable bonds is 5. The molecule has 0 aliphatic carbocycles. The number of nitrogens with zero attached hydrogens (tertiary/aromatic N) is 2. The molecule has 0 amide bonds. The summed E-state index contributed by atoms with van der Waals surface area (Å²) in [6.07, 6.45) is 0. The van der Waals surface area contributed by atoms with Gasteiger partial charge in [-0.3, -0.25) is 0 Å². The van der Waals surface area contributed by atoms with Gasteiger partial charge in [-0.25, -0.2) is 18.2 Å². The van der Waals surface area contributed by atoms with Crippen LogP contribution in [0.25, 0.3) is 11.0 Å². The molecular weight excluding hydrogens is 352 g/mol. The Kier molecular flexibility index (Phi) is 4.58. The summed E-state index contributed by atoms with van der Waals surface area (Å²) in [6, 6.07) is 9.99. The van der Waals surface area contributed by atoms with Crippen molar-refractivity contribution in [2.24, 2.45) is 0 Å². The van der Waals surface area contributed by atoms with Crippen molar-refractivity contribution in [3.63, 3.8) is 0 Å². The predicted molar refractivity (Wildman–Crippen MR) is 99.2 cm³/mol. The van der Waals surface area contributed by atoms with Crippen molar-refractivity contribution >= 4 is 26.8 Å². The zero-order valence-corrected chi connectivity index (χ0v) is 15.7. The fourth-order valence-electron chi connectivity index (χ4n) is 3.07. The van der Waals surface area contributed by atoms with E-state index in [9.17, 15) is 13.2 Å². The number of carboxylic acid groups (broad SMARTS) is 1. The molecule has 1 N–H and O–H groups in total. The molecule has 3 aromatic rings. The van der Waals surface area contributed by atoms with E-state index in [1.807, 2.05) is 24.5 Å². The molecule has 0 aliphatic rings. The first-order valence-electron chi connectivity index (χ1n) is 8.25. The average Bonchev–Trinajstić information content (AvgIpc) is 2.92. The third-order valence-electron chi connectivity index (χ3n) is 4.39. The maximum absolute atomic E-state index is 12.9. The van der Waals surface area contributed by atoms with Gasteiger partial charge in [0.15, 0.2) is 9.84 Å². The highest BCUT2D eigenvalue weighted by Crippen LogP contribution is 2.24. The summed E-state index contributed by atoms with van der Waals surface area (Å²) in [7, 11) is -3.57. The summed E-state index contributed by atoms with van der Waals surface area (Å²) in [6.45, 7) is 6.07. The van der Waals surface area contributed by atoms with Gasteiger partial charge in [0.2, 0.25) is 0 Å². The van der Waals surface area contributed by atoms with Gasteiger partial charge in [0.05, 0.1) is 21.5 Å². The van der Waals surface area contributed by atoms with Gasteiger partial charge < -0.3 is 9.67 Å². The van der Waals surface area contributed by atoms with Gasteiger partial charge in [-0.05, 0) is 56.2 Å². The van der Waals surface area contributed by atoms with Crippen molar-refractivity contribution in [3.8, 4) is 0 Å². The van der Waals surface area contributed by atoms with Gasteiger partial charge in [-0.1, -0.05) is 12.1 Å². The second-order valence-electron chi connectivity index (χ2n) is 6.31. The minimum absolute atomic E-state index is 0.127. The predicted octanol–water partition coefficient (Wildman–Crippen LogP) is 3.35. The van der Waals surface area contributed by atoms with E-state index in [-0.39, 0.29) is 11.3 Å². The lowest BCUT2D eigenvalue weighted by molar-refractivity contribution is 0.0697. The van der Waals surface area contributed by atoms with Crippen molar-refractivity contribution < 1.29 is 18.3 Å². The summed E-state index contributed by atoms with van der Waals surface area (Å²) < 4.78 is 27.7. The van der Waals surface area contributed by atoms with Gasteiger partial charge in [-0.15, -0.1) is 0 Å². The highest BCUT2D eigenvalue weighted by molar-refractivity contribution is 7.90. The summed E-state index contributed by atoms with van der Waals surface area (Å²) in [4.78, 5) is 15.9. The van der Waals surface area contributed by atoms with Crippen LogP contribution in [0, 0.1) is 13.8 Å². The third-order valence-corrected chi connectivity index (χ3v) is 6.14. The monoisotopic (exact) mass is 372 g/mol.